The number of benzene rings is 2. The average molecular weight is 274 g/mol. The lowest BCUT2D eigenvalue weighted by Crippen LogP contribution is -2.10. The van der Waals surface area contributed by atoms with Gasteiger partial charge in [-0.2, -0.15) is 0 Å². The number of hydrogen-bond acceptors (Lipinski definition) is 1. The zero-order valence-corrected chi connectivity index (χ0v) is 12.7. The number of nitrogens with one attached hydrogen (secondary N) is 1. The van der Waals surface area contributed by atoms with E-state index in [0.29, 0.717) is 0 Å². The van der Waals surface area contributed by atoms with Crippen LogP contribution in [0.3, 0.4) is 0 Å². The summed E-state index contributed by atoms with van der Waals surface area (Å²) >= 11 is 6.22. The Balaban J connectivity index is 2.25. The Hall–Kier alpha value is -1.47. The largest absolute Gasteiger partial charge is 0.354 e. The predicted molar refractivity (Wildman–Crippen MR) is 84.6 cm³/mol. The minimum Gasteiger partial charge on any atom is -0.354 e. The van der Waals surface area contributed by atoms with Crippen molar-refractivity contribution in [3.8, 4) is 0 Å². The first-order valence-corrected chi connectivity index (χ1v) is 6.88. The van der Waals surface area contributed by atoms with Crippen molar-refractivity contribution in [2.75, 3.05) is 5.32 Å². The van der Waals surface area contributed by atoms with Gasteiger partial charge in [0.2, 0.25) is 0 Å². The standard InChI is InChI=1S/C17H20ClN/c1-12-6-5-7-15(18)16(12)19-14-10-8-13(9-11-14)17(2,3)4/h5-11,19H,1-4H3. The number of para-hydroxylation sites is 1. The highest BCUT2D eigenvalue weighted by molar-refractivity contribution is 6.33. The molecule has 2 rings (SSSR count). The molecular weight excluding hydrogens is 254 g/mol. The summed E-state index contributed by atoms with van der Waals surface area (Å²) in [5.74, 6) is 0. The number of aryl methyl sites for hydroxylation is 1. The zero-order valence-electron chi connectivity index (χ0n) is 11.9. The summed E-state index contributed by atoms with van der Waals surface area (Å²) in [5.41, 5.74) is 4.69. The van der Waals surface area contributed by atoms with Crippen molar-refractivity contribution in [1.29, 1.82) is 0 Å². The van der Waals surface area contributed by atoms with E-state index >= 15 is 0 Å². The Morgan fingerprint density at radius 1 is 0.947 bits per heavy atom. The average Bonchev–Trinajstić information content (AvgIpc) is 2.33. The Bertz CT molecular complexity index is 545. The van der Waals surface area contributed by atoms with Crippen molar-refractivity contribution in [3.63, 3.8) is 0 Å². The summed E-state index contributed by atoms with van der Waals surface area (Å²) in [6.07, 6.45) is 0. The SMILES string of the molecule is Cc1cccc(Cl)c1Nc1ccc(C(C)(C)C)cc1. The van der Waals surface area contributed by atoms with Crippen LogP contribution in [-0.2, 0) is 5.41 Å². The molecule has 0 unspecified atom stereocenters. The van der Waals surface area contributed by atoms with Gasteiger partial charge in [-0.25, -0.2) is 0 Å². The van der Waals surface area contributed by atoms with Gasteiger partial charge in [-0.1, -0.05) is 56.6 Å². The van der Waals surface area contributed by atoms with Gasteiger partial charge in [0.15, 0.2) is 0 Å². The van der Waals surface area contributed by atoms with E-state index in [-0.39, 0.29) is 5.41 Å². The second-order valence-corrected chi connectivity index (χ2v) is 6.29. The number of anilines is 2. The summed E-state index contributed by atoms with van der Waals surface area (Å²) in [7, 11) is 0. The Kier molecular flexibility index (Phi) is 3.86. The molecule has 2 aromatic rings. The van der Waals surface area contributed by atoms with Crippen molar-refractivity contribution in [3.05, 3.63) is 58.6 Å². The topological polar surface area (TPSA) is 12.0 Å². The van der Waals surface area contributed by atoms with E-state index in [4.69, 9.17) is 11.6 Å². The van der Waals surface area contributed by atoms with Crippen LogP contribution in [-0.4, -0.2) is 0 Å². The molecule has 19 heavy (non-hydrogen) atoms. The smallest absolute Gasteiger partial charge is 0.0643 e. The molecule has 0 aliphatic heterocycles. The van der Waals surface area contributed by atoms with Gasteiger partial charge in [0.05, 0.1) is 10.7 Å². The molecule has 0 heterocycles. The van der Waals surface area contributed by atoms with Gasteiger partial charge in [0.25, 0.3) is 0 Å². The van der Waals surface area contributed by atoms with Gasteiger partial charge < -0.3 is 5.32 Å². The van der Waals surface area contributed by atoms with Crippen molar-refractivity contribution >= 4 is 23.0 Å². The third-order valence-corrected chi connectivity index (χ3v) is 3.56. The number of hydrogen-bond donors (Lipinski definition) is 1. The highest BCUT2D eigenvalue weighted by Crippen LogP contribution is 2.30. The monoisotopic (exact) mass is 273 g/mol. The predicted octanol–water partition coefficient (Wildman–Crippen LogP) is 5.69. The highest BCUT2D eigenvalue weighted by atomic mass is 35.5. The van der Waals surface area contributed by atoms with Crippen LogP contribution < -0.4 is 5.32 Å². The molecule has 0 spiro atoms. The minimum absolute atomic E-state index is 0.179. The van der Waals surface area contributed by atoms with E-state index in [9.17, 15) is 0 Å². The van der Waals surface area contributed by atoms with Crippen LogP contribution in [0.25, 0.3) is 0 Å². The third kappa shape index (κ3) is 3.30. The minimum atomic E-state index is 0.179. The molecule has 0 radical (unpaired) electrons. The fourth-order valence-corrected chi connectivity index (χ4v) is 2.26. The molecular formula is C17H20ClN. The van der Waals surface area contributed by atoms with Crippen molar-refractivity contribution in [2.45, 2.75) is 33.1 Å². The maximum Gasteiger partial charge on any atom is 0.0643 e. The van der Waals surface area contributed by atoms with Gasteiger partial charge >= 0.3 is 0 Å². The van der Waals surface area contributed by atoms with E-state index in [0.717, 1.165) is 22.0 Å². The lowest BCUT2D eigenvalue weighted by Gasteiger charge is -2.19. The summed E-state index contributed by atoms with van der Waals surface area (Å²) in [5, 5.41) is 4.14. The normalized spacial score (nSPS) is 11.4. The summed E-state index contributed by atoms with van der Waals surface area (Å²) in [4.78, 5) is 0. The van der Waals surface area contributed by atoms with Gasteiger partial charge in [-0.15, -0.1) is 0 Å². The first-order chi connectivity index (χ1) is 8.88. The highest BCUT2D eigenvalue weighted by Gasteiger charge is 2.13. The molecule has 0 aliphatic rings. The van der Waals surface area contributed by atoms with Crippen molar-refractivity contribution < 1.29 is 0 Å². The molecule has 0 aliphatic carbocycles. The van der Waals surface area contributed by atoms with Crippen molar-refractivity contribution in [1.82, 2.24) is 0 Å². The molecule has 0 bridgehead atoms. The third-order valence-electron chi connectivity index (χ3n) is 3.24. The summed E-state index contributed by atoms with van der Waals surface area (Å²) < 4.78 is 0. The number of rotatable bonds is 2. The maximum atomic E-state index is 6.22. The maximum absolute atomic E-state index is 6.22. The van der Waals surface area contributed by atoms with E-state index < -0.39 is 0 Å². The first kappa shape index (κ1) is 14.0. The van der Waals surface area contributed by atoms with Gasteiger partial charge in [-0.3, -0.25) is 0 Å². The Morgan fingerprint density at radius 2 is 1.58 bits per heavy atom. The van der Waals surface area contributed by atoms with Crippen LogP contribution in [0.15, 0.2) is 42.5 Å². The molecule has 2 heteroatoms. The second kappa shape index (κ2) is 5.26. The molecule has 0 fully saturated rings. The van der Waals surface area contributed by atoms with Crippen LogP contribution in [0.5, 0.6) is 0 Å². The quantitative estimate of drug-likeness (QED) is 0.741. The Labute approximate surface area is 120 Å². The molecule has 0 amide bonds. The molecule has 0 saturated carbocycles. The lowest BCUT2D eigenvalue weighted by atomic mass is 9.87. The van der Waals surface area contributed by atoms with Gasteiger partial charge in [-0.05, 0) is 41.7 Å². The zero-order chi connectivity index (χ0) is 14.0. The summed E-state index contributed by atoms with van der Waals surface area (Å²) in [6.45, 7) is 8.70. The number of halogens is 1. The van der Waals surface area contributed by atoms with E-state index in [1.54, 1.807) is 0 Å². The lowest BCUT2D eigenvalue weighted by molar-refractivity contribution is 0.590. The van der Waals surface area contributed by atoms with Crippen LogP contribution in [0, 0.1) is 6.92 Å². The fourth-order valence-electron chi connectivity index (χ4n) is 1.99. The molecule has 100 valence electrons. The second-order valence-electron chi connectivity index (χ2n) is 5.88. The van der Waals surface area contributed by atoms with Crippen LogP contribution in [0.4, 0.5) is 11.4 Å². The molecule has 1 N–H and O–H groups in total. The van der Waals surface area contributed by atoms with E-state index in [1.807, 2.05) is 12.1 Å². The van der Waals surface area contributed by atoms with Crippen LogP contribution in [0.1, 0.15) is 31.9 Å². The molecule has 1 nitrogen and oxygen atoms in total. The molecule has 0 aromatic heterocycles. The fraction of sp³-hybridized carbons (Fsp3) is 0.294. The Morgan fingerprint density at radius 3 is 2.11 bits per heavy atom. The van der Waals surface area contributed by atoms with Crippen LogP contribution >= 0.6 is 11.6 Å². The summed E-state index contributed by atoms with van der Waals surface area (Å²) in [6, 6.07) is 14.4. The van der Waals surface area contributed by atoms with E-state index in [2.05, 4.69) is 63.3 Å². The van der Waals surface area contributed by atoms with Gasteiger partial charge in [0.1, 0.15) is 0 Å². The van der Waals surface area contributed by atoms with Crippen molar-refractivity contribution in [2.24, 2.45) is 0 Å². The first-order valence-electron chi connectivity index (χ1n) is 6.50. The molecule has 2 aromatic carbocycles. The molecule has 0 atom stereocenters. The van der Waals surface area contributed by atoms with E-state index in [1.165, 1.54) is 5.56 Å². The van der Waals surface area contributed by atoms with Crippen LogP contribution in [0.2, 0.25) is 5.02 Å². The van der Waals surface area contributed by atoms with Gasteiger partial charge in [0, 0.05) is 5.69 Å². The molecule has 0 saturated heterocycles.